The zero-order valence-corrected chi connectivity index (χ0v) is 14.7. The van der Waals surface area contributed by atoms with Crippen molar-refractivity contribution in [3.8, 4) is 0 Å². The first kappa shape index (κ1) is 18.4. The topological polar surface area (TPSA) is 0 Å². The third-order valence-corrected chi connectivity index (χ3v) is 10.5. The maximum absolute atomic E-state index is 2.49. The molecule has 0 unspecified atom stereocenters. The van der Waals surface area contributed by atoms with Gasteiger partial charge in [0.2, 0.25) is 0 Å². The second-order valence-corrected chi connectivity index (χ2v) is 11.4. The summed E-state index contributed by atoms with van der Waals surface area (Å²) in [5, 5.41) is 0. The third kappa shape index (κ3) is 8.52. The molecule has 0 aliphatic rings. The van der Waals surface area contributed by atoms with Crippen molar-refractivity contribution >= 4 is 7.26 Å². The number of rotatable bonds is 13. The Labute approximate surface area is 118 Å². The quantitative estimate of drug-likeness (QED) is 0.272. The Morgan fingerprint density at radius 2 is 1.00 bits per heavy atom. The van der Waals surface area contributed by atoms with Crippen molar-refractivity contribution in [2.24, 2.45) is 0 Å². The van der Waals surface area contributed by atoms with Gasteiger partial charge >= 0.3 is 117 Å². The molecule has 0 bridgehead atoms. The Bertz CT molecular complexity index is 153. The van der Waals surface area contributed by atoms with E-state index in [4.69, 9.17) is 0 Å². The van der Waals surface area contributed by atoms with Gasteiger partial charge in [-0.25, -0.2) is 0 Å². The van der Waals surface area contributed by atoms with E-state index in [-0.39, 0.29) is 0 Å². The summed E-state index contributed by atoms with van der Waals surface area (Å²) in [5.41, 5.74) is 0. The molecule has 0 saturated heterocycles. The van der Waals surface area contributed by atoms with E-state index in [1.54, 1.807) is 24.6 Å². The van der Waals surface area contributed by atoms with Gasteiger partial charge < -0.3 is 0 Å². The van der Waals surface area contributed by atoms with Crippen LogP contribution < -0.4 is 0 Å². The van der Waals surface area contributed by atoms with Gasteiger partial charge in [0.05, 0.1) is 0 Å². The summed E-state index contributed by atoms with van der Waals surface area (Å²) in [6.45, 7) is 9.53. The van der Waals surface area contributed by atoms with Gasteiger partial charge in [-0.1, -0.05) is 0 Å². The summed E-state index contributed by atoms with van der Waals surface area (Å²) in [7, 11) is -0.869. The summed E-state index contributed by atoms with van der Waals surface area (Å²) >= 11 is 0. The van der Waals surface area contributed by atoms with Crippen LogP contribution in [0.2, 0.25) is 0 Å². The van der Waals surface area contributed by atoms with Gasteiger partial charge in [-0.15, -0.1) is 0 Å². The van der Waals surface area contributed by atoms with Gasteiger partial charge in [-0.05, 0) is 0 Å². The van der Waals surface area contributed by atoms with Crippen LogP contribution in [-0.4, -0.2) is 24.6 Å². The monoisotopic (exact) mass is 274 g/mol. The predicted molar refractivity (Wildman–Crippen MR) is 92.0 cm³/mol. The van der Waals surface area contributed by atoms with E-state index in [1.807, 2.05) is 0 Å². The first-order valence-electron chi connectivity index (χ1n) is 8.74. The van der Waals surface area contributed by atoms with E-state index in [2.05, 4.69) is 27.7 Å². The molecule has 1 heteroatoms. The first-order chi connectivity index (χ1) is 8.74. The van der Waals surface area contributed by atoms with Gasteiger partial charge in [-0.3, -0.25) is 0 Å². The van der Waals surface area contributed by atoms with Gasteiger partial charge in [0, 0.05) is 0 Å². The van der Waals surface area contributed by atoms with Crippen LogP contribution in [0.5, 0.6) is 0 Å². The van der Waals surface area contributed by atoms with E-state index < -0.39 is 7.26 Å². The van der Waals surface area contributed by atoms with Crippen LogP contribution in [0.15, 0.2) is 0 Å². The van der Waals surface area contributed by atoms with Gasteiger partial charge in [0.15, 0.2) is 0 Å². The molecule has 0 aromatic carbocycles. The molecule has 0 radical (unpaired) electrons. The van der Waals surface area contributed by atoms with Crippen molar-refractivity contribution in [1.82, 2.24) is 0 Å². The van der Waals surface area contributed by atoms with Crippen LogP contribution in [0.25, 0.3) is 0 Å². The van der Waals surface area contributed by atoms with Crippen molar-refractivity contribution in [2.75, 3.05) is 24.6 Å². The Morgan fingerprint density at radius 1 is 0.500 bits per heavy atom. The molecule has 112 valence electrons. The Hall–Kier alpha value is 0.430. The van der Waals surface area contributed by atoms with Crippen molar-refractivity contribution in [2.45, 2.75) is 85.5 Å². The standard InChI is InChI=1S/C17H39P/c1-5-9-11-13-16-18(8-4,15-7-3)17-14-12-10-6-2/h18H,5-17H2,1-4H3. The average Bonchev–Trinajstić information content (AvgIpc) is 2.39. The van der Waals surface area contributed by atoms with Crippen LogP contribution in [0.1, 0.15) is 85.5 Å². The van der Waals surface area contributed by atoms with Crippen LogP contribution in [-0.2, 0) is 0 Å². The molecule has 0 nitrogen and oxygen atoms in total. The van der Waals surface area contributed by atoms with Crippen molar-refractivity contribution in [3.63, 3.8) is 0 Å². The number of hydrogen-bond acceptors (Lipinski definition) is 0. The minimum atomic E-state index is -0.869. The fourth-order valence-electron chi connectivity index (χ4n) is 3.29. The van der Waals surface area contributed by atoms with E-state index >= 15 is 0 Å². The Morgan fingerprint density at radius 3 is 1.33 bits per heavy atom. The molecule has 0 rings (SSSR count). The van der Waals surface area contributed by atoms with Gasteiger partial charge in [0.1, 0.15) is 0 Å². The second kappa shape index (κ2) is 12.5. The molecule has 0 amide bonds. The zero-order chi connectivity index (χ0) is 13.7. The fourth-order valence-corrected chi connectivity index (χ4v) is 8.16. The van der Waals surface area contributed by atoms with Crippen LogP contribution in [0.4, 0.5) is 0 Å². The summed E-state index contributed by atoms with van der Waals surface area (Å²) in [6, 6.07) is 0. The molecule has 0 N–H and O–H groups in total. The van der Waals surface area contributed by atoms with E-state index in [0.29, 0.717) is 0 Å². The van der Waals surface area contributed by atoms with Crippen molar-refractivity contribution in [1.29, 1.82) is 0 Å². The average molecular weight is 274 g/mol. The Balaban J connectivity index is 4.05. The molecule has 0 heterocycles. The molecule has 0 aromatic rings. The Kier molecular flexibility index (Phi) is 12.8. The van der Waals surface area contributed by atoms with E-state index in [1.165, 1.54) is 57.8 Å². The predicted octanol–water partition coefficient (Wildman–Crippen LogP) is 6.33. The zero-order valence-electron chi connectivity index (χ0n) is 13.7. The minimum absolute atomic E-state index is 0.869. The van der Waals surface area contributed by atoms with Gasteiger partial charge in [0.25, 0.3) is 0 Å². The van der Waals surface area contributed by atoms with Gasteiger partial charge in [-0.2, -0.15) is 0 Å². The summed E-state index contributed by atoms with van der Waals surface area (Å²) in [5.74, 6) is 0. The van der Waals surface area contributed by atoms with Crippen molar-refractivity contribution in [3.05, 3.63) is 0 Å². The molecule has 0 saturated carbocycles. The molecule has 0 fully saturated rings. The van der Waals surface area contributed by atoms with Crippen LogP contribution in [0.3, 0.4) is 0 Å². The van der Waals surface area contributed by atoms with Crippen LogP contribution in [0, 0.1) is 0 Å². The molecule has 0 aliphatic heterocycles. The summed E-state index contributed by atoms with van der Waals surface area (Å²) in [4.78, 5) is 0. The molecular formula is C17H39P. The molecule has 0 atom stereocenters. The maximum atomic E-state index is 2.49. The fraction of sp³-hybridized carbons (Fsp3) is 1.00. The second-order valence-electron chi connectivity index (χ2n) is 6.22. The molecule has 0 aromatic heterocycles. The molecule has 18 heavy (non-hydrogen) atoms. The molecule has 0 aliphatic carbocycles. The molecular weight excluding hydrogens is 235 g/mol. The van der Waals surface area contributed by atoms with E-state index in [0.717, 1.165) is 0 Å². The summed E-state index contributed by atoms with van der Waals surface area (Å²) in [6.07, 6.45) is 19.5. The molecule has 0 spiro atoms. The number of unbranched alkanes of at least 4 members (excludes halogenated alkanes) is 6. The SMILES string of the molecule is CCCCCC[PH](CC)(CCC)CCCCCC. The first-order valence-corrected chi connectivity index (χ1v) is 11.6. The van der Waals surface area contributed by atoms with Crippen molar-refractivity contribution < 1.29 is 0 Å². The van der Waals surface area contributed by atoms with E-state index in [9.17, 15) is 0 Å². The van der Waals surface area contributed by atoms with Crippen LogP contribution >= 0.6 is 7.26 Å². The third-order valence-electron chi connectivity index (χ3n) is 4.65. The summed E-state index contributed by atoms with van der Waals surface area (Å²) < 4.78 is 0. The number of hydrogen-bond donors (Lipinski definition) is 0. The normalized spacial score (nSPS) is 12.9.